The fourth-order valence-corrected chi connectivity index (χ4v) is 0.567. The molecular formula is C5H9O2. The Morgan fingerprint density at radius 1 is 1.71 bits per heavy atom. The summed E-state index contributed by atoms with van der Waals surface area (Å²) in [4.78, 5) is 0. The average molecular weight is 101 g/mol. The van der Waals surface area contributed by atoms with Crippen LogP contribution in [0.3, 0.4) is 0 Å². The van der Waals surface area contributed by atoms with E-state index in [-0.39, 0.29) is 18.3 Å². The van der Waals surface area contributed by atoms with E-state index in [4.69, 9.17) is 4.74 Å². The van der Waals surface area contributed by atoms with E-state index in [9.17, 15) is 5.11 Å². The lowest BCUT2D eigenvalue weighted by Crippen LogP contribution is -2.04. The van der Waals surface area contributed by atoms with Gasteiger partial charge in [0.25, 0.3) is 0 Å². The van der Waals surface area contributed by atoms with E-state index in [1.54, 1.807) is 0 Å². The monoisotopic (exact) mass is 101 g/mol. The Labute approximate surface area is 43.1 Å². The molecule has 0 amide bonds. The standard InChI is InChI=1S/C5H9O2/c1-5(2)4(3-6)7-5/h4H,3H2,1-2H3. The Kier molecular flexibility index (Phi) is 0.869. The van der Waals surface area contributed by atoms with Crippen LogP contribution in [-0.4, -0.2) is 18.3 Å². The van der Waals surface area contributed by atoms with Gasteiger partial charge in [-0.15, -0.1) is 0 Å². The normalized spacial score (nSPS) is 35.6. The molecule has 0 saturated carbocycles. The first-order valence-corrected chi connectivity index (χ1v) is 2.43. The number of hydrogen-bond acceptors (Lipinski definition) is 1. The van der Waals surface area contributed by atoms with Gasteiger partial charge in [-0.25, -0.2) is 5.11 Å². The Hall–Kier alpha value is -0.0800. The first-order valence-electron chi connectivity index (χ1n) is 2.43. The van der Waals surface area contributed by atoms with E-state index < -0.39 is 0 Å². The van der Waals surface area contributed by atoms with Gasteiger partial charge in [0.1, 0.15) is 12.7 Å². The predicted molar refractivity (Wildman–Crippen MR) is 24.5 cm³/mol. The van der Waals surface area contributed by atoms with Crippen molar-refractivity contribution in [3.63, 3.8) is 0 Å². The molecule has 1 unspecified atom stereocenters. The van der Waals surface area contributed by atoms with Crippen LogP contribution >= 0.6 is 0 Å². The third kappa shape index (κ3) is 0.763. The third-order valence-corrected chi connectivity index (χ3v) is 1.32. The molecule has 2 heteroatoms. The SMILES string of the molecule is CC1(C)OC1C[O]. The van der Waals surface area contributed by atoms with Gasteiger partial charge in [-0.1, -0.05) is 0 Å². The van der Waals surface area contributed by atoms with Gasteiger partial charge in [-0.05, 0) is 13.8 Å². The van der Waals surface area contributed by atoms with Gasteiger partial charge in [-0.2, -0.15) is 0 Å². The minimum Gasteiger partial charge on any atom is -0.364 e. The quantitative estimate of drug-likeness (QED) is 0.445. The molecule has 1 fully saturated rings. The Morgan fingerprint density at radius 2 is 2.14 bits per heavy atom. The summed E-state index contributed by atoms with van der Waals surface area (Å²) in [5.74, 6) is 0. The second-order valence-corrected chi connectivity index (χ2v) is 2.38. The van der Waals surface area contributed by atoms with Crippen molar-refractivity contribution in [1.29, 1.82) is 0 Å². The summed E-state index contributed by atoms with van der Waals surface area (Å²) in [6.45, 7) is 3.76. The summed E-state index contributed by atoms with van der Waals surface area (Å²) in [6.07, 6.45) is -0.00694. The molecule has 1 aliphatic heterocycles. The zero-order chi connectivity index (χ0) is 5.49. The van der Waals surface area contributed by atoms with Crippen molar-refractivity contribution in [2.75, 3.05) is 6.61 Å². The Balaban J connectivity index is 2.30. The molecule has 0 aromatic carbocycles. The van der Waals surface area contributed by atoms with E-state index in [1.165, 1.54) is 0 Å². The molecule has 0 spiro atoms. The summed E-state index contributed by atoms with van der Waals surface area (Å²) in [5.41, 5.74) is -0.0955. The molecule has 0 aliphatic carbocycles. The van der Waals surface area contributed by atoms with E-state index >= 15 is 0 Å². The van der Waals surface area contributed by atoms with Crippen molar-refractivity contribution >= 4 is 0 Å². The molecule has 0 N–H and O–H groups in total. The van der Waals surface area contributed by atoms with Crippen LogP contribution in [0.5, 0.6) is 0 Å². The lowest BCUT2D eigenvalue weighted by Gasteiger charge is -1.86. The molecule has 1 atom stereocenters. The molecule has 1 saturated heterocycles. The van der Waals surface area contributed by atoms with Crippen LogP contribution < -0.4 is 0 Å². The highest BCUT2D eigenvalue weighted by molar-refractivity contribution is 4.93. The summed E-state index contributed by atoms with van der Waals surface area (Å²) < 4.78 is 4.94. The molecule has 1 radical (unpaired) electrons. The molecule has 7 heavy (non-hydrogen) atoms. The molecule has 2 nitrogen and oxygen atoms in total. The van der Waals surface area contributed by atoms with Gasteiger partial charge in [-0.3, -0.25) is 0 Å². The second kappa shape index (κ2) is 1.20. The van der Waals surface area contributed by atoms with E-state index in [0.717, 1.165) is 0 Å². The number of rotatable bonds is 1. The maximum absolute atomic E-state index is 9.98. The molecule has 0 aromatic heterocycles. The summed E-state index contributed by atoms with van der Waals surface area (Å²) >= 11 is 0. The minimum atomic E-state index is -0.0955. The fraction of sp³-hybridized carbons (Fsp3) is 1.00. The highest BCUT2D eigenvalue weighted by Crippen LogP contribution is 2.34. The predicted octanol–water partition coefficient (Wildman–Crippen LogP) is 0.594. The summed E-state index contributed by atoms with van der Waals surface area (Å²) in [5, 5.41) is 9.98. The highest BCUT2D eigenvalue weighted by atomic mass is 16.6. The largest absolute Gasteiger partial charge is 0.364 e. The number of epoxide rings is 1. The van der Waals surface area contributed by atoms with Crippen LogP contribution in [-0.2, 0) is 9.84 Å². The first-order chi connectivity index (χ1) is 3.17. The first kappa shape index (κ1) is 5.06. The molecule has 0 aromatic rings. The van der Waals surface area contributed by atoms with Crippen LogP contribution in [0.2, 0.25) is 0 Å². The van der Waals surface area contributed by atoms with Gasteiger partial charge in [0.15, 0.2) is 0 Å². The van der Waals surface area contributed by atoms with Crippen molar-refractivity contribution in [3.05, 3.63) is 0 Å². The van der Waals surface area contributed by atoms with E-state index in [0.29, 0.717) is 0 Å². The molecular weight excluding hydrogens is 92.1 g/mol. The topological polar surface area (TPSA) is 32.4 Å². The highest BCUT2D eigenvalue weighted by Gasteiger charge is 2.47. The Morgan fingerprint density at radius 3 is 2.14 bits per heavy atom. The molecule has 1 aliphatic rings. The van der Waals surface area contributed by atoms with Crippen molar-refractivity contribution in [2.45, 2.75) is 25.6 Å². The number of ether oxygens (including phenoxy) is 1. The van der Waals surface area contributed by atoms with Crippen molar-refractivity contribution in [2.24, 2.45) is 0 Å². The van der Waals surface area contributed by atoms with Crippen LogP contribution in [0, 0.1) is 0 Å². The maximum atomic E-state index is 9.98. The molecule has 1 heterocycles. The molecule has 41 valence electrons. The smallest absolute Gasteiger partial charge is 0.113 e. The fourth-order valence-electron chi connectivity index (χ4n) is 0.567. The zero-order valence-corrected chi connectivity index (χ0v) is 4.60. The lowest BCUT2D eigenvalue weighted by atomic mass is 10.1. The van der Waals surface area contributed by atoms with Gasteiger partial charge in [0.2, 0.25) is 0 Å². The second-order valence-electron chi connectivity index (χ2n) is 2.38. The van der Waals surface area contributed by atoms with Crippen LogP contribution in [0.25, 0.3) is 0 Å². The summed E-state index contributed by atoms with van der Waals surface area (Å²) in [7, 11) is 0. The van der Waals surface area contributed by atoms with Gasteiger partial charge in [0.05, 0.1) is 5.60 Å². The summed E-state index contributed by atoms with van der Waals surface area (Å²) in [6, 6.07) is 0. The van der Waals surface area contributed by atoms with Crippen molar-refractivity contribution in [1.82, 2.24) is 0 Å². The van der Waals surface area contributed by atoms with Gasteiger partial charge in [0, 0.05) is 0 Å². The van der Waals surface area contributed by atoms with Crippen LogP contribution in [0.1, 0.15) is 13.8 Å². The van der Waals surface area contributed by atoms with Crippen molar-refractivity contribution < 1.29 is 9.84 Å². The van der Waals surface area contributed by atoms with Gasteiger partial charge < -0.3 is 4.74 Å². The number of hydrogen-bond donors (Lipinski definition) is 0. The molecule has 0 bridgehead atoms. The molecule has 1 rings (SSSR count). The van der Waals surface area contributed by atoms with Gasteiger partial charge >= 0.3 is 0 Å². The maximum Gasteiger partial charge on any atom is 0.113 e. The average Bonchev–Trinajstić information content (AvgIpc) is 2.13. The van der Waals surface area contributed by atoms with Crippen LogP contribution in [0.15, 0.2) is 0 Å². The third-order valence-electron chi connectivity index (χ3n) is 1.32. The van der Waals surface area contributed by atoms with E-state index in [1.807, 2.05) is 13.8 Å². The van der Waals surface area contributed by atoms with Crippen LogP contribution in [0.4, 0.5) is 0 Å². The lowest BCUT2D eigenvalue weighted by molar-refractivity contribution is 0.163. The van der Waals surface area contributed by atoms with E-state index in [2.05, 4.69) is 0 Å². The minimum absolute atomic E-state index is 0.00694. The zero-order valence-electron chi connectivity index (χ0n) is 4.60. The van der Waals surface area contributed by atoms with Crippen molar-refractivity contribution in [3.8, 4) is 0 Å². The Bertz CT molecular complexity index is 78.1.